The molecule has 2 aromatic rings. The van der Waals surface area contributed by atoms with E-state index in [2.05, 4.69) is 5.32 Å². The Labute approximate surface area is 176 Å². The number of rotatable bonds is 7. The highest BCUT2D eigenvalue weighted by Crippen LogP contribution is 2.19. The van der Waals surface area contributed by atoms with E-state index in [-0.39, 0.29) is 11.7 Å². The van der Waals surface area contributed by atoms with Crippen LogP contribution < -0.4 is 10.1 Å². The number of ketones is 1. The standard InChI is InChI=1S/C24H27NO5/c1-16(30-21(26)14-9-17-7-6-8-20(15-17)29-5)22(27)18-10-12-19(13-11-18)25-23(28)24(2,3)4/h6-16H,1-5H3,(H,25,28)/b14-9+/t16-/m0/s1. The number of benzene rings is 2. The largest absolute Gasteiger partial charge is 0.497 e. The molecule has 158 valence electrons. The average Bonchev–Trinajstić information content (AvgIpc) is 2.71. The molecule has 1 amide bonds. The van der Waals surface area contributed by atoms with Gasteiger partial charge < -0.3 is 14.8 Å². The van der Waals surface area contributed by atoms with Crippen LogP contribution in [0.15, 0.2) is 54.6 Å². The van der Waals surface area contributed by atoms with Crippen LogP contribution in [0.3, 0.4) is 0 Å². The SMILES string of the molecule is COc1cccc(/C=C/C(=O)O[C@@H](C)C(=O)c2ccc(NC(=O)C(C)(C)C)cc2)c1. The molecule has 0 unspecified atom stereocenters. The Balaban J connectivity index is 1.95. The van der Waals surface area contributed by atoms with Crippen LogP contribution in [0.4, 0.5) is 5.69 Å². The first-order valence-electron chi connectivity index (χ1n) is 9.58. The van der Waals surface area contributed by atoms with Crippen molar-refractivity contribution in [2.75, 3.05) is 12.4 Å². The molecule has 2 rings (SSSR count). The molecule has 0 aliphatic heterocycles. The maximum atomic E-state index is 12.5. The van der Waals surface area contributed by atoms with Gasteiger partial charge in [-0.05, 0) is 55.0 Å². The van der Waals surface area contributed by atoms with E-state index in [1.165, 1.54) is 13.0 Å². The van der Waals surface area contributed by atoms with Gasteiger partial charge in [0.15, 0.2) is 6.10 Å². The van der Waals surface area contributed by atoms with Gasteiger partial charge >= 0.3 is 5.97 Å². The third kappa shape index (κ3) is 6.58. The Bertz CT molecular complexity index is 939. The van der Waals surface area contributed by atoms with E-state index in [1.807, 2.05) is 32.9 Å². The number of anilines is 1. The number of ether oxygens (including phenoxy) is 2. The zero-order valence-corrected chi connectivity index (χ0v) is 17.9. The Hall–Kier alpha value is -3.41. The molecule has 6 heteroatoms. The fourth-order valence-electron chi connectivity index (χ4n) is 2.45. The maximum absolute atomic E-state index is 12.5. The van der Waals surface area contributed by atoms with Crippen molar-refractivity contribution in [2.45, 2.75) is 33.8 Å². The second kappa shape index (κ2) is 9.87. The van der Waals surface area contributed by atoms with E-state index in [4.69, 9.17) is 9.47 Å². The number of Topliss-reactive ketones (excluding diaryl/α,β-unsaturated/α-hetero) is 1. The molecule has 0 heterocycles. The Kier molecular flexibility index (Phi) is 7.53. The Morgan fingerprint density at radius 3 is 2.30 bits per heavy atom. The fraction of sp³-hybridized carbons (Fsp3) is 0.292. The minimum absolute atomic E-state index is 0.119. The van der Waals surface area contributed by atoms with Gasteiger partial charge in [0.2, 0.25) is 11.7 Å². The summed E-state index contributed by atoms with van der Waals surface area (Å²) in [5.41, 5.74) is 1.24. The molecule has 1 atom stereocenters. The zero-order valence-electron chi connectivity index (χ0n) is 17.9. The van der Waals surface area contributed by atoms with E-state index < -0.39 is 17.5 Å². The van der Waals surface area contributed by atoms with E-state index in [0.717, 1.165) is 5.56 Å². The molecule has 0 aliphatic carbocycles. The van der Waals surface area contributed by atoms with Gasteiger partial charge in [0.25, 0.3) is 0 Å². The molecule has 30 heavy (non-hydrogen) atoms. The van der Waals surface area contributed by atoms with Crippen molar-refractivity contribution in [3.63, 3.8) is 0 Å². The molecule has 0 aromatic heterocycles. The normalized spacial score (nSPS) is 12.3. The second-order valence-electron chi connectivity index (χ2n) is 7.83. The van der Waals surface area contributed by atoms with Gasteiger partial charge in [-0.15, -0.1) is 0 Å². The van der Waals surface area contributed by atoms with E-state index in [1.54, 1.807) is 49.6 Å². The number of hydrogen-bond acceptors (Lipinski definition) is 5. The second-order valence-corrected chi connectivity index (χ2v) is 7.83. The summed E-state index contributed by atoms with van der Waals surface area (Å²) in [5, 5.41) is 2.80. The molecule has 0 fully saturated rings. The number of nitrogens with one attached hydrogen (secondary N) is 1. The van der Waals surface area contributed by atoms with Crippen molar-refractivity contribution in [2.24, 2.45) is 5.41 Å². The van der Waals surface area contributed by atoms with Gasteiger partial charge in [-0.25, -0.2) is 4.79 Å². The third-order valence-corrected chi connectivity index (χ3v) is 4.28. The van der Waals surface area contributed by atoms with Crippen LogP contribution in [0.2, 0.25) is 0 Å². The molecule has 1 N–H and O–H groups in total. The van der Waals surface area contributed by atoms with Crippen molar-refractivity contribution in [1.82, 2.24) is 0 Å². The highest BCUT2D eigenvalue weighted by Gasteiger charge is 2.22. The Morgan fingerprint density at radius 2 is 1.70 bits per heavy atom. The smallest absolute Gasteiger partial charge is 0.331 e. The summed E-state index contributed by atoms with van der Waals surface area (Å²) < 4.78 is 10.3. The quantitative estimate of drug-likeness (QED) is 0.413. The van der Waals surface area contributed by atoms with E-state index in [0.29, 0.717) is 17.0 Å². The van der Waals surface area contributed by atoms with Gasteiger partial charge in [0.1, 0.15) is 5.75 Å². The lowest BCUT2D eigenvalue weighted by molar-refractivity contribution is -0.140. The summed E-state index contributed by atoms with van der Waals surface area (Å²) in [4.78, 5) is 36.6. The first-order chi connectivity index (χ1) is 14.1. The van der Waals surface area contributed by atoms with Crippen molar-refractivity contribution >= 4 is 29.4 Å². The number of hydrogen-bond donors (Lipinski definition) is 1. The van der Waals surface area contributed by atoms with Crippen molar-refractivity contribution in [3.8, 4) is 5.75 Å². The number of carbonyl (C=O) groups excluding carboxylic acids is 3. The highest BCUT2D eigenvalue weighted by atomic mass is 16.5. The Morgan fingerprint density at radius 1 is 1.03 bits per heavy atom. The molecular weight excluding hydrogens is 382 g/mol. The molecule has 0 bridgehead atoms. The predicted octanol–water partition coefficient (Wildman–Crippen LogP) is 4.51. The van der Waals surface area contributed by atoms with Gasteiger partial charge in [0.05, 0.1) is 7.11 Å². The van der Waals surface area contributed by atoms with Crippen molar-refractivity contribution < 1.29 is 23.9 Å². The van der Waals surface area contributed by atoms with Crippen LogP contribution in [0.25, 0.3) is 6.08 Å². The van der Waals surface area contributed by atoms with Crippen LogP contribution in [-0.2, 0) is 14.3 Å². The minimum Gasteiger partial charge on any atom is -0.497 e. The summed E-state index contributed by atoms with van der Waals surface area (Å²) in [7, 11) is 1.56. The van der Waals surface area contributed by atoms with Gasteiger partial charge in [-0.3, -0.25) is 9.59 Å². The average molecular weight is 409 g/mol. The molecule has 0 saturated carbocycles. The first kappa shape index (κ1) is 22.9. The monoisotopic (exact) mass is 409 g/mol. The van der Waals surface area contributed by atoms with Crippen LogP contribution >= 0.6 is 0 Å². The summed E-state index contributed by atoms with van der Waals surface area (Å²) >= 11 is 0. The molecule has 0 radical (unpaired) electrons. The van der Waals surface area contributed by atoms with Gasteiger partial charge in [-0.1, -0.05) is 32.9 Å². The van der Waals surface area contributed by atoms with Gasteiger partial charge in [-0.2, -0.15) is 0 Å². The number of carbonyl (C=O) groups is 3. The minimum atomic E-state index is -0.942. The zero-order chi connectivity index (χ0) is 22.3. The van der Waals surface area contributed by atoms with E-state index in [9.17, 15) is 14.4 Å². The number of esters is 1. The van der Waals surface area contributed by atoms with Crippen molar-refractivity contribution in [3.05, 3.63) is 65.7 Å². The maximum Gasteiger partial charge on any atom is 0.331 e. The van der Waals surface area contributed by atoms with Crippen LogP contribution in [0, 0.1) is 5.41 Å². The molecule has 6 nitrogen and oxygen atoms in total. The molecule has 0 aliphatic rings. The lowest BCUT2D eigenvalue weighted by Gasteiger charge is -2.18. The topological polar surface area (TPSA) is 81.7 Å². The van der Waals surface area contributed by atoms with Gasteiger partial charge in [0, 0.05) is 22.7 Å². The first-order valence-corrected chi connectivity index (χ1v) is 9.58. The highest BCUT2D eigenvalue weighted by molar-refractivity contribution is 6.01. The number of methoxy groups -OCH3 is 1. The van der Waals surface area contributed by atoms with Crippen LogP contribution in [0.5, 0.6) is 5.75 Å². The summed E-state index contributed by atoms with van der Waals surface area (Å²) in [5.74, 6) is -0.387. The predicted molar refractivity (Wildman–Crippen MR) is 116 cm³/mol. The lowest BCUT2D eigenvalue weighted by atomic mass is 9.95. The molecular formula is C24H27NO5. The fourth-order valence-corrected chi connectivity index (χ4v) is 2.45. The summed E-state index contributed by atoms with van der Waals surface area (Å²) in [6.45, 7) is 6.98. The van der Waals surface area contributed by atoms with E-state index >= 15 is 0 Å². The number of amides is 1. The molecule has 2 aromatic carbocycles. The third-order valence-electron chi connectivity index (χ3n) is 4.28. The lowest BCUT2D eigenvalue weighted by Crippen LogP contribution is -2.27. The molecule has 0 saturated heterocycles. The van der Waals surface area contributed by atoms with Crippen LogP contribution in [-0.4, -0.2) is 30.9 Å². The summed E-state index contributed by atoms with van der Waals surface area (Å²) in [6.07, 6.45) is 1.92. The van der Waals surface area contributed by atoms with Crippen molar-refractivity contribution in [1.29, 1.82) is 0 Å². The van der Waals surface area contributed by atoms with Crippen LogP contribution in [0.1, 0.15) is 43.6 Å². The summed E-state index contributed by atoms with van der Waals surface area (Å²) in [6, 6.07) is 13.7. The molecule has 0 spiro atoms.